The Morgan fingerprint density at radius 1 is 1.38 bits per heavy atom. The van der Waals surface area contributed by atoms with E-state index in [1.165, 1.54) is 6.07 Å². The minimum Gasteiger partial charge on any atom is -0.316 e. The molecule has 13 heavy (non-hydrogen) atoms. The molecule has 0 aliphatic rings. The van der Waals surface area contributed by atoms with Gasteiger partial charge in [0.25, 0.3) is 0 Å². The van der Waals surface area contributed by atoms with Gasteiger partial charge in [-0.2, -0.15) is 5.48 Å². The van der Waals surface area contributed by atoms with Gasteiger partial charge in [0.1, 0.15) is 0 Å². The van der Waals surface area contributed by atoms with Gasteiger partial charge in [-0.3, -0.25) is 0 Å². The lowest BCUT2D eigenvalue weighted by atomic mass is 10.1. The number of nitrogens with one attached hydrogen (secondary N) is 1. The first-order chi connectivity index (χ1) is 6.19. The molecule has 0 unspecified atom stereocenters. The summed E-state index contributed by atoms with van der Waals surface area (Å²) in [5.41, 5.74) is 2.56. The average molecular weight is 187 g/mol. The van der Waals surface area contributed by atoms with E-state index in [4.69, 9.17) is 5.21 Å². The first-order valence-electron chi connectivity index (χ1n) is 4.03. The minimum absolute atomic E-state index is 0.352. The highest BCUT2D eigenvalue weighted by Crippen LogP contribution is 2.18. The second-order valence-corrected chi connectivity index (χ2v) is 2.76. The molecule has 72 valence electrons. The Morgan fingerprint density at radius 2 is 2.08 bits per heavy atom. The zero-order valence-electron chi connectivity index (χ0n) is 7.22. The van der Waals surface area contributed by atoms with Crippen LogP contribution in [0.5, 0.6) is 0 Å². The van der Waals surface area contributed by atoms with Gasteiger partial charge in [-0.15, -0.1) is 0 Å². The largest absolute Gasteiger partial charge is 0.316 e. The third kappa shape index (κ3) is 2.23. The molecule has 0 amide bonds. The highest BCUT2D eigenvalue weighted by atomic mass is 19.2. The minimum atomic E-state index is -0.897. The third-order valence-electron chi connectivity index (χ3n) is 1.91. The fourth-order valence-electron chi connectivity index (χ4n) is 1.13. The highest BCUT2D eigenvalue weighted by molar-refractivity contribution is 5.20. The summed E-state index contributed by atoms with van der Waals surface area (Å²) >= 11 is 0. The van der Waals surface area contributed by atoms with E-state index < -0.39 is 11.6 Å². The Bertz CT molecular complexity index is 287. The van der Waals surface area contributed by atoms with E-state index in [1.54, 1.807) is 0 Å². The SMILES string of the molecule is CC[C@@H](NO)c1ccc(F)c(F)c1. The summed E-state index contributed by atoms with van der Waals surface area (Å²) in [6.45, 7) is 1.83. The van der Waals surface area contributed by atoms with Crippen LogP contribution in [-0.4, -0.2) is 5.21 Å². The van der Waals surface area contributed by atoms with Gasteiger partial charge >= 0.3 is 0 Å². The molecule has 0 saturated heterocycles. The summed E-state index contributed by atoms with van der Waals surface area (Å²) in [5, 5.41) is 8.67. The Balaban J connectivity index is 2.95. The number of hydrogen-bond acceptors (Lipinski definition) is 2. The predicted molar refractivity (Wildman–Crippen MR) is 44.3 cm³/mol. The molecule has 0 aliphatic heterocycles. The molecule has 0 spiro atoms. The van der Waals surface area contributed by atoms with Crippen molar-refractivity contribution in [2.75, 3.05) is 0 Å². The molecule has 0 saturated carbocycles. The van der Waals surface area contributed by atoms with E-state index in [2.05, 4.69) is 0 Å². The van der Waals surface area contributed by atoms with Crippen LogP contribution in [0.4, 0.5) is 8.78 Å². The van der Waals surface area contributed by atoms with Crippen LogP contribution < -0.4 is 5.48 Å². The van der Waals surface area contributed by atoms with Gasteiger partial charge in [0.2, 0.25) is 0 Å². The Labute approximate surface area is 75.2 Å². The fraction of sp³-hybridized carbons (Fsp3) is 0.333. The zero-order valence-corrected chi connectivity index (χ0v) is 7.22. The van der Waals surface area contributed by atoms with E-state index in [1.807, 2.05) is 12.4 Å². The van der Waals surface area contributed by atoms with E-state index >= 15 is 0 Å². The fourth-order valence-corrected chi connectivity index (χ4v) is 1.13. The topological polar surface area (TPSA) is 32.3 Å². The lowest BCUT2D eigenvalue weighted by Gasteiger charge is -2.12. The van der Waals surface area contributed by atoms with Crippen LogP contribution in [0.2, 0.25) is 0 Å². The summed E-state index contributed by atoms with van der Waals surface area (Å²) in [7, 11) is 0. The van der Waals surface area contributed by atoms with Crippen molar-refractivity contribution in [3.63, 3.8) is 0 Å². The van der Waals surface area contributed by atoms with Crippen molar-refractivity contribution in [3.8, 4) is 0 Å². The van der Waals surface area contributed by atoms with Gasteiger partial charge < -0.3 is 5.21 Å². The number of hydroxylamine groups is 1. The van der Waals surface area contributed by atoms with Crippen LogP contribution in [0.1, 0.15) is 24.9 Å². The molecule has 0 fully saturated rings. The molecule has 0 bridgehead atoms. The van der Waals surface area contributed by atoms with Crippen LogP contribution in [-0.2, 0) is 0 Å². The Kier molecular flexibility index (Phi) is 3.33. The predicted octanol–water partition coefficient (Wildman–Crippen LogP) is 2.39. The number of rotatable bonds is 3. The monoisotopic (exact) mass is 187 g/mol. The molecular weight excluding hydrogens is 176 g/mol. The molecule has 2 N–H and O–H groups in total. The van der Waals surface area contributed by atoms with Crippen LogP contribution in [0.25, 0.3) is 0 Å². The highest BCUT2D eigenvalue weighted by Gasteiger charge is 2.10. The van der Waals surface area contributed by atoms with Crippen molar-refractivity contribution in [3.05, 3.63) is 35.4 Å². The quantitative estimate of drug-likeness (QED) is 0.712. The molecule has 1 atom stereocenters. The van der Waals surface area contributed by atoms with Gasteiger partial charge in [-0.25, -0.2) is 8.78 Å². The van der Waals surface area contributed by atoms with Crippen molar-refractivity contribution in [1.29, 1.82) is 0 Å². The smallest absolute Gasteiger partial charge is 0.159 e. The van der Waals surface area contributed by atoms with E-state index in [9.17, 15) is 8.78 Å². The molecule has 1 aromatic rings. The maximum Gasteiger partial charge on any atom is 0.159 e. The van der Waals surface area contributed by atoms with E-state index in [-0.39, 0.29) is 6.04 Å². The summed E-state index contributed by atoms with van der Waals surface area (Å²) in [4.78, 5) is 0. The second kappa shape index (κ2) is 4.30. The normalized spacial score (nSPS) is 12.9. The number of halogens is 2. The molecule has 1 rings (SSSR count). The van der Waals surface area contributed by atoms with Crippen molar-refractivity contribution in [1.82, 2.24) is 5.48 Å². The van der Waals surface area contributed by atoms with Crippen LogP contribution >= 0.6 is 0 Å². The molecule has 0 aromatic heterocycles. The van der Waals surface area contributed by atoms with Crippen molar-refractivity contribution < 1.29 is 14.0 Å². The first kappa shape index (κ1) is 10.1. The van der Waals surface area contributed by atoms with Crippen molar-refractivity contribution in [2.24, 2.45) is 0 Å². The molecule has 0 heterocycles. The van der Waals surface area contributed by atoms with E-state index in [0.29, 0.717) is 12.0 Å². The first-order valence-corrected chi connectivity index (χ1v) is 4.03. The zero-order chi connectivity index (χ0) is 9.84. The summed E-state index contributed by atoms with van der Waals surface area (Å²) in [6, 6.07) is 3.21. The lowest BCUT2D eigenvalue weighted by Crippen LogP contribution is -2.16. The maximum atomic E-state index is 12.7. The van der Waals surface area contributed by atoms with Crippen molar-refractivity contribution in [2.45, 2.75) is 19.4 Å². The standard InChI is InChI=1S/C9H11F2NO/c1-2-9(12-13)6-3-4-7(10)8(11)5-6/h3-5,9,12-13H,2H2,1H3/t9-/m1/s1. The summed E-state index contributed by atoms with van der Waals surface area (Å²) < 4.78 is 25.2. The maximum absolute atomic E-state index is 12.7. The molecule has 2 nitrogen and oxygen atoms in total. The average Bonchev–Trinajstić information content (AvgIpc) is 2.13. The number of hydrogen-bond donors (Lipinski definition) is 2. The Morgan fingerprint density at radius 3 is 2.54 bits per heavy atom. The van der Waals surface area contributed by atoms with Gasteiger partial charge in [0, 0.05) is 0 Å². The van der Waals surface area contributed by atoms with Gasteiger partial charge in [0.05, 0.1) is 6.04 Å². The molecule has 1 aromatic carbocycles. The van der Waals surface area contributed by atoms with Gasteiger partial charge in [-0.1, -0.05) is 13.0 Å². The van der Waals surface area contributed by atoms with Gasteiger partial charge in [-0.05, 0) is 24.1 Å². The molecule has 4 heteroatoms. The number of benzene rings is 1. The molecule has 0 aliphatic carbocycles. The summed E-state index contributed by atoms with van der Waals surface area (Å²) in [6.07, 6.45) is 0.599. The second-order valence-electron chi connectivity index (χ2n) is 2.76. The van der Waals surface area contributed by atoms with Gasteiger partial charge in [0.15, 0.2) is 11.6 Å². The Hall–Kier alpha value is -1.00. The van der Waals surface area contributed by atoms with Crippen molar-refractivity contribution >= 4 is 0 Å². The van der Waals surface area contributed by atoms with E-state index in [0.717, 1.165) is 12.1 Å². The lowest BCUT2D eigenvalue weighted by molar-refractivity contribution is 0.124. The molecule has 0 radical (unpaired) electrons. The molecular formula is C9H11F2NO. The van der Waals surface area contributed by atoms with Crippen LogP contribution in [0.3, 0.4) is 0 Å². The van der Waals surface area contributed by atoms with Crippen LogP contribution in [0.15, 0.2) is 18.2 Å². The van der Waals surface area contributed by atoms with Crippen LogP contribution in [0, 0.1) is 11.6 Å². The summed E-state index contributed by atoms with van der Waals surface area (Å²) in [5.74, 6) is -1.78. The third-order valence-corrected chi connectivity index (χ3v) is 1.91.